The molecule has 3 rings (SSSR count). The third-order valence-electron chi connectivity index (χ3n) is 4.77. The van der Waals surface area contributed by atoms with Gasteiger partial charge in [0.25, 0.3) is 0 Å². The van der Waals surface area contributed by atoms with Crippen molar-refractivity contribution in [1.82, 2.24) is 4.90 Å². The fraction of sp³-hybridized carbons (Fsp3) is 0.526. The monoisotopic (exact) mass is 326 g/mol. The zero-order valence-electron chi connectivity index (χ0n) is 13.9. The van der Waals surface area contributed by atoms with Crippen molar-refractivity contribution in [2.45, 2.75) is 38.7 Å². The normalized spacial score (nSPS) is 21.7. The second-order valence-corrected chi connectivity index (χ2v) is 6.71. The summed E-state index contributed by atoms with van der Waals surface area (Å²) >= 11 is 0. The van der Waals surface area contributed by atoms with Crippen molar-refractivity contribution in [3.05, 3.63) is 35.4 Å². The van der Waals surface area contributed by atoms with Crippen LogP contribution in [0.1, 0.15) is 49.8 Å². The number of hydrogen-bond donors (Lipinski definition) is 0. The van der Waals surface area contributed by atoms with Gasteiger partial charge in [-0.05, 0) is 50.3 Å². The standard InChI is InChI=1S/C19H22N2O3/c1-13(16-5-2-4-14(10-16)11-20)24-19(23)17-6-3-9-21(12-17)18(22)15-7-8-15/h2,4-5,10,13,15,17H,3,6-9,12H2,1H3/t13-,17-/m0/s1. The lowest BCUT2D eigenvalue weighted by Gasteiger charge is -2.32. The predicted molar refractivity (Wildman–Crippen MR) is 87.7 cm³/mol. The summed E-state index contributed by atoms with van der Waals surface area (Å²) in [5, 5.41) is 8.97. The van der Waals surface area contributed by atoms with Gasteiger partial charge in [0, 0.05) is 19.0 Å². The van der Waals surface area contributed by atoms with Crippen LogP contribution in [-0.2, 0) is 14.3 Å². The molecule has 0 aromatic heterocycles. The van der Waals surface area contributed by atoms with Crippen LogP contribution in [0.15, 0.2) is 24.3 Å². The zero-order valence-corrected chi connectivity index (χ0v) is 13.9. The number of likely N-dealkylation sites (tertiary alicyclic amines) is 1. The number of nitriles is 1. The Hall–Kier alpha value is -2.35. The van der Waals surface area contributed by atoms with Gasteiger partial charge in [0.1, 0.15) is 6.10 Å². The van der Waals surface area contributed by atoms with Crippen LogP contribution in [0.4, 0.5) is 0 Å². The highest BCUT2D eigenvalue weighted by atomic mass is 16.5. The van der Waals surface area contributed by atoms with Gasteiger partial charge >= 0.3 is 5.97 Å². The Bertz CT molecular complexity index is 675. The molecule has 0 unspecified atom stereocenters. The van der Waals surface area contributed by atoms with E-state index in [-0.39, 0.29) is 23.7 Å². The molecule has 1 aliphatic heterocycles. The molecule has 0 N–H and O–H groups in total. The van der Waals surface area contributed by atoms with Crippen LogP contribution in [0.2, 0.25) is 0 Å². The van der Waals surface area contributed by atoms with Gasteiger partial charge in [-0.15, -0.1) is 0 Å². The first-order valence-electron chi connectivity index (χ1n) is 8.58. The van der Waals surface area contributed by atoms with Gasteiger partial charge in [-0.1, -0.05) is 12.1 Å². The van der Waals surface area contributed by atoms with E-state index in [9.17, 15) is 9.59 Å². The zero-order chi connectivity index (χ0) is 17.1. The first kappa shape index (κ1) is 16.5. The molecule has 1 heterocycles. The van der Waals surface area contributed by atoms with Crippen molar-refractivity contribution >= 4 is 11.9 Å². The number of rotatable bonds is 4. The van der Waals surface area contributed by atoms with Gasteiger partial charge in [0.2, 0.25) is 5.91 Å². The number of hydrogen-bond acceptors (Lipinski definition) is 4. The third-order valence-corrected chi connectivity index (χ3v) is 4.77. The molecule has 0 radical (unpaired) electrons. The lowest BCUT2D eigenvalue weighted by Crippen LogP contribution is -2.43. The highest BCUT2D eigenvalue weighted by Gasteiger charge is 2.37. The van der Waals surface area contributed by atoms with E-state index in [0.717, 1.165) is 37.8 Å². The molecular formula is C19H22N2O3. The molecule has 2 aliphatic rings. The van der Waals surface area contributed by atoms with Crippen LogP contribution in [-0.4, -0.2) is 29.9 Å². The molecule has 24 heavy (non-hydrogen) atoms. The maximum absolute atomic E-state index is 12.5. The lowest BCUT2D eigenvalue weighted by atomic mass is 9.97. The van der Waals surface area contributed by atoms with E-state index in [0.29, 0.717) is 12.1 Å². The smallest absolute Gasteiger partial charge is 0.311 e. The van der Waals surface area contributed by atoms with E-state index in [1.54, 1.807) is 18.2 Å². The summed E-state index contributed by atoms with van der Waals surface area (Å²) in [5.74, 6) is -0.115. The van der Waals surface area contributed by atoms with Crippen LogP contribution >= 0.6 is 0 Å². The molecule has 1 saturated heterocycles. The Labute approximate surface area is 142 Å². The second kappa shape index (κ2) is 7.04. The van der Waals surface area contributed by atoms with Crippen LogP contribution in [0.25, 0.3) is 0 Å². The molecular weight excluding hydrogens is 304 g/mol. The summed E-state index contributed by atoms with van der Waals surface area (Å²) in [7, 11) is 0. The average molecular weight is 326 g/mol. The fourth-order valence-electron chi connectivity index (χ4n) is 3.16. The minimum absolute atomic E-state index is 0.187. The fourth-order valence-corrected chi connectivity index (χ4v) is 3.16. The van der Waals surface area contributed by atoms with Crippen molar-refractivity contribution in [2.75, 3.05) is 13.1 Å². The number of benzene rings is 1. The van der Waals surface area contributed by atoms with Gasteiger partial charge in [-0.3, -0.25) is 9.59 Å². The summed E-state index contributed by atoms with van der Waals surface area (Å²) in [6, 6.07) is 9.19. The van der Waals surface area contributed by atoms with E-state index >= 15 is 0 Å². The lowest BCUT2D eigenvalue weighted by molar-refractivity contribution is -0.156. The van der Waals surface area contributed by atoms with E-state index in [2.05, 4.69) is 6.07 Å². The average Bonchev–Trinajstić information content (AvgIpc) is 3.46. The predicted octanol–water partition coefficient (Wildman–Crippen LogP) is 2.81. The van der Waals surface area contributed by atoms with Crippen LogP contribution in [0.5, 0.6) is 0 Å². The molecule has 2 fully saturated rings. The number of nitrogens with zero attached hydrogens (tertiary/aromatic N) is 2. The Balaban J connectivity index is 1.59. The van der Waals surface area contributed by atoms with E-state index in [1.165, 1.54) is 0 Å². The molecule has 5 heteroatoms. The van der Waals surface area contributed by atoms with Crippen molar-refractivity contribution in [2.24, 2.45) is 11.8 Å². The molecule has 5 nitrogen and oxygen atoms in total. The highest BCUT2D eigenvalue weighted by Crippen LogP contribution is 2.33. The van der Waals surface area contributed by atoms with Crippen molar-refractivity contribution < 1.29 is 14.3 Å². The van der Waals surface area contributed by atoms with Crippen molar-refractivity contribution in [1.29, 1.82) is 5.26 Å². The van der Waals surface area contributed by atoms with E-state index in [4.69, 9.17) is 10.00 Å². The molecule has 2 atom stereocenters. The maximum atomic E-state index is 12.5. The van der Waals surface area contributed by atoms with Crippen LogP contribution in [0, 0.1) is 23.2 Å². The molecule has 126 valence electrons. The molecule has 1 amide bonds. The van der Waals surface area contributed by atoms with E-state index in [1.807, 2.05) is 17.9 Å². The number of carbonyl (C=O) groups excluding carboxylic acids is 2. The van der Waals surface area contributed by atoms with Crippen LogP contribution in [0.3, 0.4) is 0 Å². The van der Waals surface area contributed by atoms with Gasteiger partial charge in [0.15, 0.2) is 0 Å². The molecule has 1 aromatic carbocycles. The second-order valence-electron chi connectivity index (χ2n) is 6.71. The molecule has 1 aliphatic carbocycles. The highest BCUT2D eigenvalue weighted by molar-refractivity contribution is 5.82. The third kappa shape index (κ3) is 3.76. The van der Waals surface area contributed by atoms with Crippen LogP contribution < -0.4 is 0 Å². The van der Waals surface area contributed by atoms with Crippen molar-refractivity contribution in [3.63, 3.8) is 0 Å². The molecule has 0 spiro atoms. The minimum atomic E-state index is -0.402. The van der Waals surface area contributed by atoms with Gasteiger partial charge < -0.3 is 9.64 Å². The maximum Gasteiger partial charge on any atom is 0.311 e. The summed E-state index contributed by atoms with van der Waals surface area (Å²) in [6.45, 7) is 3.03. The summed E-state index contributed by atoms with van der Waals surface area (Å²) < 4.78 is 5.59. The molecule has 1 saturated carbocycles. The molecule has 1 aromatic rings. The number of ether oxygens (including phenoxy) is 1. The summed E-state index contributed by atoms with van der Waals surface area (Å²) in [4.78, 5) is 26.5. The SMILES string of the molecule is C[C@H](OC(=O)[C@H]1CCCN(C(=O)C2CC2)C1)c1cccc(C#N)c1. The Morgan fingerprint density at radius 2 is 2.08 bits per heavy atom. The van der Waals surface area contributed by atoms with Crippen molar-refractivity contribution in [3.8, 4) is 6.07 Å². The topological polar surface area (TPSA) is 70.4 Å². The Morgan fingerprint density at radius 1 is 1.29 bits per heavy atom. The number of amides is 1. The number of esters is 1. The number of piperidine rings is 1. The largest absolute Gasteiger partial charge is 0.458 e. The Morgan fingerprint density at radius 3 is 2.79 bits per heavy atom. The number of carbonyl (C=O) groups is 2. The summed E-state index contributed by atoms with van der Waals surface area (Å²) in [5.41, 5.74) is 1.36. The van der Waals surface area contributed by atoms with Gasteiger partial charge in [0.05, 0.1) is 17.6 Å². The first-order valence-corrected chi connectivity index (χ1v) is 8.58. The first-order chi connectivity index (χ1) is 11.6. The van der Waals surface area contributed by atoms with Gasteiger partial charge in [-0.2, -0.15) is 5.26 Å². The quantitative estimate of drug-likeness (QED) is 0.798. The minimum Gasteiger partial charge on any atom is -0.458 e. The van der Waals surface area contributed by atoms with E-state index < -0.39 is 6.10 Å². The van der Waals surface area contributed by atoms with Gasteiger partial charge in [-0.25, -0.2) is 0 Å². The summed E-state index contributed by atoms with van der Waals surface area (Å²) in [6.07, 6.45) is 3.17. The molecule has 0 bridgehead atoms. The Kier molecular flexibility index (Phi) is 4.84.